The largest absolute Gasteiger partial charge is 0.478 e. The van der Waals surface area contributed by atoms with Gasteiger partial charge in [-0.05, 0) is 6.92 Å². The predicted octanol–water partition coefficient (Wildman–Crippen LogP) is -3.48. The molecule has 3 aliphatic rings. The van der Waals surface area contributed by atoms with Gasteiger partial charge in [-0.1, -0.05) is 0 Å². The van der Waals surface area contributed by atoms with E-state index in [0.717, 1.165) is 6.92 Å². The molecule has 0 spiro atoms. The quantitative estimate of drug-likeness (QED) is 0.268. The van der Waals surface area contributed by atoms with Gasteiger partial charge < -0.3 is 30.3 Å². The second-order valence-corrected chi connectivity index (χ2v) is 3.95. The molecule has 0 aromatic carbocycles. The number of nitrogens with one attached hydrogen (secondary N) is 1. The van der Waals surface area contributed by atoms with E-state index in [1.807, 2.05) is 5.32 Å². The van der Waals surface area contributed by atoms with Crippen LogP contribution in [0, 0.1) is 0 Å². The molecule has 3 rings (SSSR count). The fourth-order valence-corrected chi connectivity index (χ4v) is 1.83. The number of carboxylic acid groups (broad SMARTS) is 1. The van der Waals surface area contributed by atoms with Gasteiger partial charge in [0, 0.05) is 0 Å². The van der Waals surface area contributed by atoms with Crippen molar-refractivity contribution in [3.8, 4) is 0 Å². The molecule has 0 radical (unpaired) electrons. The zero-order valence-corrected chi connectivity index (χ0v) is 7.71. The Morgan fingerprint density at radius 2 is 1.93 bits per heavy atom. The Morgan fingerprint density at radius 1 is 1.40 bits per heavy atom. The summed E-state index contributed by atoms with van der Waals surface area (Å²) in [7, 11) is 0. The van der Waals surface area contributed by atoms with E-state index in [1.165, 1.54) is 0 Å². The van der Waals surface area contributed by atoms with E-state index in [2.05, 4.69) is 4.74 Å². The smallest absolute Gasteiger partial charge is 0.354 e. The van der Waals surface area contributed by atoms with Crippen LogP contribution < -0.4 is 5.32 Å². The maximum atomic E-state index is 10.8. The Hall–Kier alpha value is -0.770. The first kappa shape index (κ1) is 10.7. The molecule has 3 saturated heterocycles. The molecule has 8 nitrogen and oxygen atoms in total. The van der Waals surface area contributed by atoms with Crippen molar-refractivity contribution in [2.24, 2.45) is 0 Å². The lowest BCUT2D eigenvalue weighted by molar-refractivity contribution is -0.457. The summed E-state index contributed by atoms with van der Waals surface area (Å²) in [6, 6.07) is 0. The SMILES string of the molecule is CC1(O)[C@H](O)OC2(C(=O)O)NC1(O)[C@@H]2O. The van der Waals surface area contributed by atoms with Crippen LogP contribution in [-0.2, 0) is 9.53 Å². The first-order valence-corrected chi connectivity index (χ1v) is 4.20. The number of hydrogen-bond acceptors (Lipinski definition) is 7. The van der Waals surface area contributed by atoms with Gasteiger partial charge in [0.15, 0.2) is 23.7 Å². The van der Waals surface area contributed by atoms with Crippen molar-refractivity contribution in [2.75, 3.05) is 0 Å². The maximum Gasteiger partial charge on any atom is 0.354 e. The average Bonchev–Trinajstić information content (AvgIpc) is 2.12. The first-order chi connectivity index (χ1) is 6.68. The second kappa shape index (κ2) is 2.48. The van der Waals surface area contributed by atoms with Gasteiger partial charge >= 0.3 is 5.97 Å². The molecule has 2 bridgehead atoms. The lowest BCUT2D eigenvalue weighted by Gasteiger charge is -2.65. The topological polar surface area (TPSA) is 139 Å². The summed E-state index contributed by atoms with van der Waals surface area (Å²) in [5.41, 5.74) is -6.77. The highest BCUT2D eigenvalue weighted by Crippen LogP contribution is 2.48. The predicted molar refractivity (Wildman–Crippen MR) is 42.2 cm³/mol. The molecule has 3 fully saturated rings. The first-order valence-electron chi connectivity index (χ1n) is 4.20. The lowest BCUT2D eigenvalue weighted by Crippen LogP contribution is -2.97. The van der Waals surface area contributed by atoms with Crippen molar-refractivity contribution in [1.82, 2.24) is 5.32 Å². The Balaban J connectivity index is 2.41. The summed E-state index contributed by atoms with van der Waals surface area (Å²) in [6.07, 6.45) is -3.79. The van der Waals surface area contributed by atoms with Crippen LogP contribution in [0.2, 0.25) is 0 Å². The zero-order valence-electron chi connectivity index (χ0n) is 7.71. The van der Waals surface area contributed by atoms with Gasteiger partial charge in [0.25, 0.3) is 5.72 Å². The maximum absolute atomic E-state index is 10.8. The number of carbonyl (C=O) groups is 1. The third-order valence-electron chi connectivity index (χ3n) is 3.02. The van der Waals surface area contributed by atoms with Crippen molar-refractivity contribution < 1.29 is 35.1 Å². The van der Waals surface area contributed by atoms with Crippen LogP contribution in [0.5, 0.6) is 0 Å². The molecule has 3 heterocycles. The summed E-state index contributed by atoms with van der Waals surface area (Å²) in [6.45, 7) is 1.01. The highest BCUT2D eigenvalue weighted by Gasteiger charge is 2.80. The molecular formula is C7H11NO7. The van der Waals surface area contributed by atoms with E-state index in [1.54, 1.807) is 0 Å². The van der Waals surface area contributed by atoms with Gasteiger partial charge in [-0.25, -0.2) is 10.1 Å². The normalized spacial score (nSPS) is 58.5. The highest BCUT2D eigenvalue weighted by atomic mass is 16.7. The van der Waals surface area contributed by atoms with Crippen molar-refractivity contribution in [3.05, 3.63) is 0 Å². The third-order valence-corrected chi connectivity index (χ3v) is 3.02. The minimum absolute atomic E-state index is 1.01. The molecule has 15 heavy (non-hydrogen) atoms. The van der Waals surface area contributed by atoms with Gasteiger partial charge in [0.2, 0.25) is 0 Å². The van der Waals surface area contributed by atoms with Crippen LogP contribution in [0.25, 0.3) is 0 Å². The van der Waals surface area contributed by atoms with Gasteiger partial charge in [0.1, 0.15) is 0 Å². The van der Waals surface area contributed by atoms with Gasteiger partial charge in [-0.3, -0.25) is 0 Å². The third kappa shape index (κ3) is 0.893. The Labute approximate surface area is 83.7 Å². The summed E-state index contributed by atoms with van der Waals surface area (Å²) >= 11 is 0. The van der Waals surface area contributed by atoms with Crippen LogP contribution in [-0.4, -0.2) is 60.9 Å². The number of ether oxygens (including phenoxy) is 1. The van der Waals surface area contributed by atoms with Crippen LogP contribution >= 0.6 is 0 Å². The van der Waals surface area contributed by atoms with Crippen LogP contribution in [0.4, 0.5) is 0 Å². The number of aliphatic carboxylic acids is 1. The Morgan fingerprint density at radius 3 is 2.33 bits per heavy atom. The molecular weight excluding hydrogens is 210 g/mol. The number of aliphatic hydroxyl groups excluding tert-OH is 2. The number of aliphatic hydroxyl groups is 4. The van der Waals surface area contributed by atoms with Crippen LogP contribution in [0.15, 0.2) is 0 Å². The zero-order chi connectivity index (χ0) is 11.6. The highest BCUT2D eigenvalue weighted by molar-refractivity contribution is 5.80. The van der Waals surface area contributed by atoms with Gasteiger partial charge in [-0.2, -0.15) is 0 Å². The second-order valence-electron chi connectivity index (χ2n) is 3.95. The van der Waals surface area contributed by atoms with E-state index in [0.29, 0.717) is 0 Å². The lowest BCUT2D eigenvalue weighted by atomic mass is 9.71. The average molecular weight is 221 g/mol. The van der Waals surface area contributed by atoms with Crippen molar-refractivity contribution >= 4 is 5.97 Å². The number of rotatable bonds is 1. The minimum atomic E-state index is -2.30. The molecule has 0 amide bonds. The fraction of sp³-hybridized carbons (Fsp3) is 0.857. The summed E-state index contributed by atoms with van der Waals surface area (Å²) in [5.74, 6) is -1.59. The van der Waals surface area contributed by atoms with Crippen LogP contribution in [0.3, 0.4) is 0 Å². The molecule has 0 saturated carbocycles. The summed E-state index contributed by atoms with van der Waals surface area (Å²) < 4.78 is 4.58. The van der Waals surface area contributed by atoms with Crippen LogP contribution in [0.1, 0.15) is 6.92 Å². The molecule has 3 unspecified atom stereocenters. The van der Waals surface area contributed by atoms with Gasteiger partial charge in [0.05, 0.1) is 0 Å². The molecule has 0 aromatic heterocycles. The van der Waals surface area contributed by atoms with Gasteiger partial charge in [-0.15, -0.1) is 0 Å². The summed E-state index contributed by atoms with van der Waals surface area (Å²) in [4.78, 5) is 10.8. The van der Waals surface area contributed by atoms with E-state index in [-0.39, 0.29) is 0 Å². The van der Waals surface area contributed by atoms with E-state index in [4.69, 9.17) is 5.11 Å². The number of carboxylic acids is 1. The molecule has 5 atom stereocenters. The molecule has 0 aromatic rings. The van der Waals surface area contributed by atoms with Crippen molar-refractivity contribution in [2.45, 2.75) is 36.4 Å². The fourth-order valence-electron chi connectivity index (χ4n) is 1.83. The van der Waals surface area contributed by atoms with Crippen molar-refractivity contribution in [3.63, 3.8) is 0 Å². The molecule has 3 aliphatic heterocycles. The monoisotopic (exact) mass is 221 g/mol. The molecule has 0 aliphatic carbocycles. The Kier molecular flexibility index (Phi) is 1.78. The van der Waals surface area contributed by atoms with E-state index < -0.39 is 35.4 Å². The summed E-state index contributed by atoms with van der Waals surface area (Å²) in [5, 5.41) is 48.9. The number of fused-ring (bicyclic) bond motifs is 2. The van der Waals surface area contributed by atoms with E-state index in [9.17, 15) is 25.2 Å². The standard InChI is InChI=1S/C7H11NO7/c1-5(13)4(12)15-6(3(10)11)2(9)7(5,14)8-6/h2,4,8-9,12-14H,1H3,(H,10,11)/t2-,4-,5?,6?,7?/m1/s1. The molecule has 8 heteroatoms. The Bertz CT molecular complexity index is 327. The van der Waals surface area contributed by atoms with E-state index >= 15 is 0 Å². The minimum Gasteiger partial charge on any atom is -0.478 e. The molecule has 86 valence electrons. The van der Waals surface area contributed by atoms with Crippen molar-refractivity contribution in [1.29, 1.82) is 0 Å². The number of hydrogen-bond donors (Lipinski definition) is 6. The molecule has 6 N–H and O–H groups in total.